The zero-order chi connectivity index (χ0) is 15.6. The summed E-state index contributed by atoms with van der Waals surface area (Å²) in [5.41, 5.74) is 2.86. The minimum absolute atomic E-state index is 0.0305. The van der Waals surface area contributed by atoms with Gasteiger partial charge in [-0.25, -0.2) is 4.98 Å². The van der Waals surface area contributed by atoms with E-state index in [0.717, 1.165) is 12.2 Å². The van der Waals surface area contributed by atoms with Gasteiger partial charge in [-0.1, -0.05) is 68.0 Å². The third-order valence-corrected chi connectivity index (χ3v) is 5.29. The highest BCUT2D eigenvalue weighted by molar-refractivity contribution is 5.38. The molecule has 0 aliphatic heterocycles. The normalized spacial score (nSPS) is 25.8. The molecule has 3 unspecified atom stereocenters. The second kappa shape index (κ2) is 5.96. The van der Waals surface area contributed by atoms with E-state index < -0.39 is 0 Å². The molecular weight excluding hydrogens is 268 g/mol. The van der Waals surface area contributed by atoms with Crippen molar-refractivity contribution in [1.29, 1.82) is 0 Å². The number of aromatic amines is 1. The molecule has 0 amide bonds. The van der Waals surface area contributed by atoms with Crippen molar-refractivity contribution in [2.45, 2.75) is 39.0 Å². The van der Waals surface area contributed by atoms with Crippen molar-refractivity contribution in [2.24, 2.45) is 5.41 Å². The molecule has 0 fully saturated rings. The summed E-state index contributed by atoms with van der Waals surface area (Å²) in [5.74, 6) is 1.79. The van der Waals surface area contributed by atoms with E-state index in [1.807, 2.05) is 12.4 Å². The van der Waals surface area contributed by atoms with Crippen molar-refractivity contribution in [3.63, 3.8) is 0 Å². The first-order chi connectivity index (χ1) is 10.7. The van der Waals surface area contributed by atoms with Crippen LogP contribution < -0.4 is 0 Å². The van der Waals surface area contributed by atoms with E-state index in [2.05, 4.69) is 79.3 Å². The quantitative estimate of drug-likeness (QED) is 0.823. The predicted molar refractivity (Wildman–Crippen MR) is 91.8 cm³/mol. The maximum atomic E-state index is 4.55. The molecule has 2 heteroatoms. The largest absolute Gasteiger partial charge is 0.348 e. The number of hydrogen-bond acceptors (Lipinski definition) is 1. The van der Waals surface area contributed by atoms with Crippen LogP contribution in [0, 0.1) is 5.41 Å². The molecule has 1 aromatic heterocycles. The van der Waals surface area contributed by atoms with E-state index in [-0.39, 0.29) is 11.3 Å². The lowest BCUT2D eigenvalue weighted by Gasteiger charge is -2.44. The fraction of sp³-hybridized carbons (Fsp3) is 0.350. The average Bonchev–Trinajstić information content (AvgIpc) is 3.06. The standard InChI is InChI=1S/C20H24N2/c1-4-17(16-10-6-5-7-11-16)20(3)15(2)9-8-12-18(20)19-21-13-14-22-19/h5-14,17-18H,4H2,1-3H3,(H,21,22). The van der Waals surface area contributed by atoms with E-state index in [4.69, 9.17) is 0 Å². The van der Waals surface area contributed by atoms with Crippen LogP contribution in [0.1, 0.15) is 50.4 Å². The Morgan fingerprint density at radius 1 is 1.27 bits per heavy atom. The fourth-order valence-electron chi connectivity index (χ4n) is 3.94. The second-order valence-electron chi connectivity index (χ2n) is 6.34. The molecule has 0 bridgehead atoms. The van der Waals surface area contributed by atoms with Crippen LogP contribution in [0.25, 0.3) is 0 Å². The fourth-order valence-corrected chi connectivity index (χ4v) is 3.94. The van der Waals surface area contributed by atoms with E-state index in [0.29, 0.717) is 5.92 Å². The molecule has 0 radical (unpaired) electrons. The van der Waals surface area contributed by atoms with Gasteiger partial charge in [-0.05, 0) is 24.8 Å². The summed E-state index contributed by atoms with van der Waals surface area (Å²) in [5, 5.41) is 0. The molecule has 22 heavy (non-hydrogen) atoms. The molecule has 1 heterocycles. The van der Waals surface area contributed by atoms with Crippen molar-refractivity contribution >= 4 is 0 Å². The summed E-state index contributed by atoms with van der Waals surface area (Å²) in [6.07, 6.45) is 11.6. The van der Waals surface area contributed by atoms with Gasteiger partial charge in [0.05, 0.1) is 0 Å². The Morgan fingerprint density at radius 2 is 2.05 bits per heavy atom. The number of aromatic nitrogens is 2. The highest BCUT2D eigenvalue weighted by Crippen LogP contribution is 2.54. The van der Waals surface area contributed by atoms with E-state index >= 15 is 0 Å². The van der Waals surface area contributed by atoms with Gasteiger partial charge in [0, 0.05) is 23.7 Å². The SMILES string of the molecule is CCC(c1ccccc1)C1(C)C(C)=CC=CC1c1ncc[nH]1. The van der Waals surface area contributed by atoms with Crippen LogP contribution in [0.5, 0.6) is 0 Å². The van der Waals surface area contributed by atoms with Crippen LogP contribution in [0.4, 0.5) is 0 Å². The minimum Gasteiger partial charge on any atom is -0.348 e. The Kier molecular flexibility index (Phi) is 4.02. The molecule has 1 aliphatic rings. The number of allylic oxidation sites excluding steroid dienone is 4. The van der Waals surface area contributed by atoms with Gasteiger partial charge in [0.2, 0.25) is 0 Å². The van der Waals surface area contributed by atoms with Crippen LogP contribution in [0.3, 0.4) is 0 Å². The van der Waals surface area contributed by atoms with Gasteiger partial charge in [0.15, 0.2) is 0 Å². The van der Waals surface area contributed by atoms with Gasteiger partial charge in [0.25, 0.3) is 0 Å². The Bertz CT molecular complexity index is 667. The molecular formula is C20H24N2. The number of rotatable bonds is 4. The predicted octanol–water partition coefficient (Wildman–Crippen LogP) is 5.21. The second-order valence-corrected chi connectivity index (χ2v) is 6.34. The molecule has 2 nitrogen and oxygen atoms in total. The van der Waals surface area contributed by atoms with Crippen LogP contribution >= 0.6 is 0 Å². The van der Waals surface area contributed by atoms with Gasteiger partial charge in [-0.3, -0.25) is 0 Å². The maximum absolute atomic E-state index is 4.55. The monoisotopic (exact) mass is 292 g/mol. The molecule has 0 saturated heterocycles. The first-order valence-electron chi connectivity index (χ1n) is 8.07. The summed E-state index contributed by atoms with van der Waals surface area (Å²) in [6, 6.07) is 10.9. The Morgan fingerprint density at radius 3 is 2.68 bits per heavy atom. The number of H-pyrrole nitrogens is 1. The lowest BCUT2D eigenvalue weighted by Crippen LogP contribution is -2.35. The van der Waals surface area contributed by atoms with Crippen LogP contribution in [-0.4, -0.2) is 9.97 Å². The molecule has 3 atom stereocenters. The molecule has 1 N–H and O–H groups in total. The average molecular weight is 292 g/mol. The molecule has 0 saturated carbocycles. The van der Waals surface area contributed by atoms with Gasteiger partial charge in [-0.15, -0.1) is 0 Å². The van der Waals surface area contributed by atoms with Crippen molar-refractivity contribution in [1.82, 2.24) is 9.97 Å². The van der Waals surface area contributed by atoms with Crippen molar-refractivity contribution in [3.8, 4) is 0 Å². The summed E-state index contributed by atoms with van der Waals surface area (Å²) >= 11 is 0. The molecule has 2 aromatic rings. The molecule has 114 valence electrons. The Hall–Kier alpha value is -2.09. The first-order valence-corrected chi connectivity index (χ1v) is 8.07. The van der Waals surface area contributed by atoms with E-state index in [1.165, 1.54) is 11.1 Å². The Balaban J connectivity index is 2.10. The number of nitrogens with one attached hydrogen (secondary N) is 1. The highest BCUT2D eigenvalue weighted by Gasteiger charge is 2.44. The highest BCUT2D eigenvalue weighted by atomic mass is 14.9. The smallest absolute Gasteiger partial charge is 0.113 e. The summed E-state index contributed by atoms with van der Waals surface area (Å²) in [4.78, 5) is 7.87. The van der Waals surface area contributed by atoms with Crippen LogP contribution in [0.15, 0.2) is 66.5 Å². The zero-order valence-corrected chi connectivity index (χ0v) is 13.6. The van der Waals surface area contributed by atoms with Crippen molar-refractivity contribution < 1.29 is 0 Å². The van der Waals surface area contributed by atoms with Crippen LogP contribution in [0.2, 0.25) is 0 Å². The molecule has 1 aromatic carbocycles. The summed E-state index contributed by atoms with van der Waals surface area (Å²) < 4.78 is 0. The van der Waals surface area contributed by atoms with Crippen LogP contribution in [-0.2, 0) is 0 Å². The topological polar surface area (TPSA) is 28.7 Å². The third-order valence-electron chi connectivity index (χ3n) is 5.29. The van der Waals surface area contributed by atoms with Crippen molar-refractivity contribution in [2.75, 3.05) is 0 Å². The van der Waals surface area contributed by atoms with E-state index in [9.17, 15) is 0 Å². The summed E-state index contributed by atoms with van der Waals surface area (Å²) in [6.45, 7) is 6.93. The third kappa shape index (κ3) is 2.33. The number of hydrogen-bond donors (Lipinski definition) is 1. The van der Waals surface area contributed by atoms with Gasteiger partial charge < -0.3 is 4.98 Å². The van der Waals surface area contributed by atoms with Gasteiger partial charge >= 0.3 is 0 Å². The lowest BCUT2D eigenvalue weighted by atomic mass is 9.59. The zero-order valence-electron chi connectivity index (χ0n) is 13.6. The summed E-state index contributed by atoms with van der Waals surface area (Å²) in [7, 11) is 0. The molecule has 0 spiro atoms. The number of imidazole rings is 1. The molecule has 1 aliphatic carbocycles. The first kappa shape index (κ1) is 14.8. The minimum atomic E-state index is 0.0305. The van der Waals surface area contributed by atoms with E-state index in [1.54, 1.807) is 0 Å². The molecule has 3 rings (SSSR count). The maximum Gasteiger partial charge on any atom is 0.113 e. The van der Waals surface area contributed by atoms with Gasteiger partial charge in [-0.2, -0.15) is 0 Å². The lowest BCUT2D eigenvalue weighted by molar-refractivity contribution is 0.262. The van der Waals surface area contributed by atoms with Gasteiger partial charge in [0.1, 0.15) is 5.82 Å². The number of nitrogens with zero attached hydrogens (tertiary/aromatic N) is 1. The van der Waals surface area contributed by atoms with Crippen molar-refractivity contribution in [3.05, 3.63) is 77.9 Å². The number of benzene rings is 1. The Labute approximate surface area is 133 Å².